The van der Waals surface area contributed by atoms with Gasteiger partial charge in [-0.25, -0.2) is 14.6 Å². The SMILES string of the molecule is Clc1ncc2ccc(-n3nnc4ccccc43)cc2n1. The minimum atomic E-state index is 0.234. The molecule has 0 atom stereocenters. The lowest BCUT2D eigenvalue weighted by Crippen LogP contribution is -1.97. The maximum atomic E-state index is 5.83. The number of halogens is 1. The number of nitrogens with zero attached hydrogens (tertiary/aromatic N) is 5. The molecule has 2 heterocycles. The van der Waals surface area contributed by atoms with E-state index in [0.717, 1.165) is 27.6 Å². The normalized spacial score (nSPS) is 11.2. The zero-order valence-corrected chi connectivity index (χ0v) is 11.0. The summed E-state index contributed by atoms with van der Waals surface area (Å²) in [5, 5.41) is 9.50. The molecule has 0 saturated carbocycles. The van der Waals surface area contributed by atoms with Crippen LogP contribution >= 0.6 is 11.6 Å². The highest BCUT2D eigenvalue weighted by molar-refractivity contribution is 6.28. The fourth-order valence-corrected chi connectivity index (χ4v) is 2.32. The van der Waals surface area contributed by atoms with Crippen molar-refractivity contribution in [2.75, 3.05) is 0 Å². The van der Waals surface area contributed by atoms with Crippen LogP contribution in [0, 0.1) is 0 Å². The minimum Gasteiger partial charge on any atom is -0.226 e. The second-order valence-corrected chi connectivity index (χ2v) is 4.71. The summed E-state index contributed by atoms with van der Waals surface area (Å²) in [6, 6.07) is 13.6. The predicted octanol–water partition coefficient (Wildman–Crippen LogP) is 3.02. The summed E-state index contributed by atoms with van der Waals surface area (Å²) in [5.41, 5.74) is 3.48. The van der Waals surface area contributed by atoms with Crippen LogP contribution in [-0.4, -0.2) is 25.0 Å². The lowest BCUT2D eigenvalue weighted by Gasteiger charge is -2.04. The van der Waals surface area contributed by atoms with Gasteiger partial charge >= 0.3 is 0 Å². The van der Waals surface area contributed by atoms with E-state index in [2.05, 4.69) is 20.3 Å². The summed E-state index contributed by atoms with van der Waals surface area (Å²) in [6.07, 6.45) is 1.70. The van der Waals surface area contributed by atoms with Crippen molar-refractivity contribution in [3.05, 3.63) is 53.9 Å². The van der Waals surface area contributed by atoms with Crippen molar-refractivity contribution < 1.29 is 0 Å². The summed E-state index contributed by atoms with van der Waals surface area (Å²) in [4.78, 5) is 8.19. The quantitative estimate of drug-likeness (QED) is 0.503. The molecule has 20 heavy (non-hydrogen) atoms. The summed E-state index contributed by atoms with van der Waals surface area (Å²) in [5.74, 6) is 0. The van der Waals surface area contributed by atoms with E-state index in [0.29, 0.717) is 0 Å². The smallest absolute Gasteiger partial charge is 0.222 e. The monoisotopic (exact) mass is 281 g/mol. The fourth-order valence-electron chi connectivity index (χ4n) is 2.18. The number of fused-ring (bicyclic) bond motifs is 2. The molecular weight excluding hydrogens is 274 g/mol. The van der Waals surface area contributed by atoms with Gasteiger partial charge in [0.2, 0.25) is 5.28 Å². The van der Waals surface area contributed by atoms with Gasteiger partial charge in [-0.15, -0.1) is 5.10 Å². The van der Waals surface area contributed by atoms with Crippen molar-refractivity contribution in [1.29, 1.82) is 0 Å². The van der Waals surface area contributed by atoms with Crippen molar-refractivity contribution in [2.24, 2.45) is 0 Å². The molecule has 6 heteroatoms. The molecule has 0 aliphatic carbocycles. The third-order valence-corrected chi connectivity index (χ3v) is 3.32. The van der Waals surface area contributed by atoms with Crippen LogP contribution in [0.15, 0.2) is 48.7 Å². The number of para-hydroxylation sites is 1. The van der Waals surface area contributed by atoms with Crippen molar-refractivity contribution >= 4 is 33.5 Å². The van der Waals surface area contributed by atoms with Crippen molar-refractivity contribution in [3.8, 4) is 5.69 Å². The van der Waals surface area contributed by atoms with Gasteiger partial charge in [0.1, 0.15) is 5.52 Å². The Hall–Kier alpha value is -2.53. The standard InChI is InChI=1S/C14H8ClN5/c15-14-16-8-9-5-6-10(7-12(9)17-14)20-13-4-2-1-3-11(13)18-19-20/h1-8H. The van der Waals surface area contributed by atoms with Gasteiger partial charge in [-0.3, -0.25) is 0 Å². The molecule has 2 aromatic heterocycles. The van der Waals surface area contributed by atoms with E-state index in [4.69, 9.17) is 11.6 Å². The molecule has 0 saturated heterocycles. The van der Waals surface area contributed by atoms with Gasteiger partial charge in [-0.05, 0) is 41.9 Å². The number of hydrogen-bond acceptors (Lipinski definition) is 4. The van der Waals surface area contributed by atoms with E-state index in [-0.39, 0.29) is 5.28 Å². The van der Waals surface area contributed by atoms with Crippen LogP contribution in [0.3, 0.4) is 0 Å². The first-order valence-corrected chi connectivity index (χ1v) is 6.42. The molecule has 2 aromatic carbocycles. The Morgan fingerprint density at radius 1 is 1.00 bits per heavy atom. The van der Waals surface area contributed by atoms with Gasteiger partial charge in [-0.2, -0.15) is 0 Å². The Labute approximate surface area is 118 Å². The Balaban J connectivity index is 1.97. The summed E-state index contributed by atoms with van der Waals surface area (Å²) >= 11 is 5.83. The number of aromatic nitrogens is 5. The van der Waals surface area contributed by atoms with Crippen LogP contribution in [-0.2, 0) is 0 Å². The van der Waals surface area contributed by atoms with Crippen LogP contribution in [0.2, 0.25) is 5.28 Å². The molecule has 0 aliphatic heterocycles. The second-order valence-electron chi connectivity index (χ2n) is 4.37. The molecular formula is C14H8ClN5. The molecule has 96 valence electrons. The molecule has 0 radical (unpaired) electrons. The first kappa shape index (κ1) is 11.3. The van der Waals surface area contributed by atoms with E-state index in [9.17, 15) is 0 Å². The molecule has 4 aromatic rings. The Morgan fingerprint density at radius 3 is 2.85 bits per heavy atom. The van der Waals surface area contributed by atoms with Crippen LogP contribution in [0.25, 0.3) is 27.6 Å². The summed E-state index contributed by atoms with van der Waals surface area (Å²) in [6.45, 7) is 0. The zero-order chi connectivity index (χ0) is 13.5. The molecule has 5 nitrogen and oxygen atoms in total. The van der Waals surface area contributed by atoms with Crippen LogP contribution in [0.5, 0.6) is 0 Å². The molecule has 4 rings (SSSR count). The van der Waals surface area contributed by atoms with Crippen LogP contribution in [0.1, 0.15) is 0 Å². The maximum Gasteiger partial charge on any atom is 0.222 e. The van der Waals surface area contributed by atoms with Gasteiger partial charge in [0, 0.05) is 11.6 Å². The van der Waals surface area contributed by atoms with Gasteiger partial charge < -0.3 is 0 Å². The van der Waals surface area contributed by atoms with Gasteiger partial charge in [-0.1, -0.05) is 17.3 Å². The number of hydrogen-bond donors (Lipinski definition) is 0. The summed E-state index contributed by atoms with van der Waals surface area (Å²) in [7, 11) is 0. The molecule has 0 amide bonds. The third-order valence-electron chi connectivity index (χ3n) is 3.13. The molecule has 0 spiro atoms. The van der Waals surface area contributed by atoms with Crippen molar-refractivity contribution in [2.45, 2.75) is 0 Å². The third kappa shape index (κ3) is 1.71. The minimum absolute atomic E-state index is 0.234. The lowest BCUT2D eigenvalue weighted by atomic mass is 10.2. The van der Waals surface area contributed by atoms with Gasteiger partial charge in [0.05, 0.1) is 16.7 Å². The molecule has 0 fully saturated rings. The first-order chi connectivity index (χ1) is 9.81. The van der Waals surface area contributed by atoms with E-state index in [1.807, 2.05) is 42.5 Å². The van der Waals surface area contributed by atoms with E-state index < -0.39 is 0 Å². The molecule has 0 N–H and O–H groups in total. The Morgan fingerprint density at radius 2 is 1.90 bits per heavy atom. The number of rotatable bonds is 1. The van der Waals surface area contributed by atoms with Crippen LogP contribution in [0.4, 0.5) is 0 Å². The number of benzene rings is 2. The van der Waals surface area contributed by atoms with Gasteiger partial charge in [0.15, 0.2) is 0 Å². The summed E-state index contributed by atoms with van der Waals surface area (Å²) < 4.78 is 1.78. The molecule has 0 unspecified atom stereocenters. The van der Waals surface area contributed by atoms with Crippen molar-refractivity contribution in [1.82, 2.24) is 25.0 Å². The highest BCUT2D eigenvalue weighted by Gasteiger charge is 2.07. The van der Waals surface area contributed by atoms with Gasteiger partial charge in [0.25, 0.3) is 0 Å². The van der Waals surface area contributed by atoms with E-state index in [1.165, 1.54) is 0 Å². The lowest BCUT2D eigenvalue weighted by molar-refractivity contribution is 0.824. The average Bonchev–Trinajstić information content (AvgIpc) is 2.90. The highest BCUT2D eigenvalue weighted by atomic mass is 35.5. The second kappa shape index (κ2) is 4.25. The van der Waals surface area contributed by atoms with E-state index in [1.54, 1.807) is 10.9 Å². The fraction of sp³-hybridized carbons (Fsp3) is 0. The largest absolute Gasteiger partial charge is 0.226 e. The van der Waals surface area contributed by atoms with E-state index >= 15 is 0 Å². The Kier molecular flexibility index (Phi) is 2.40. The average molecular weight is 282 g/mol. The first-order valence-electron chi connectivity index (χ1n) is 6.04. The Bertz CT molecular complexity index is 931. The highest BCUT2D eigenvalue weighted by Crippen LogP contribution is 2.20. The zero-order valence-electron chi connectivity index (χ0n) is 10.2. The molecule has 0 aliphatic rings. The molecule has 0 bridgehead atoms. The van der Waals surface area contributed by atoms with Crippen LogP contribution < -0.4 is 0 Å². The predicted molar refractivity (Wildman–Crippen MR) is 77.0 cm³/mol. The van der Waals surface area contributed by atoms with Crippen molar-refractivity contribution in [3.63, 3.8) is 0 Å². The topological polar surface area (TPSA) is 56.5 Å². The maximum absolute atomic E-state index is 5.83.